The van der Waals surface area contributed by atoms with Gasteiger partial charge in [0, 0.05) is 5.69 Å². The molecule has 114 valence electrons. The highest BCUT2D eigenvalue weighted by molar-refractivity contribution is 8.00. The van der Waals surface area contributed by atoms with E-state index >= 15 is 0 Å². The lowest BCUT2D eigenvalue weighted by Crippen LogP contribution is -2.22. The van der Waals surface area contributed by atoms with Crippen molar-refractivity contribution in [3.05, 3.63) is 54.1 Å². The summed E-state index contributed by atoms with van der Waals surface area (Å²) in [5.41, 5.74) is 2.96. The average Bonchev–Trinajstić information content (AvgIpc) is 2.97. The molecule has 3 rings (SSSR count). The third-order valence-corrected chi connectivity index (χ3v) is 4.27. The van der Waals surface area contributed by atoms with Gasteiger partial charge in [-0.2, -0.15) is 5.26 Å². The van der Waals surface area contributed by atoms with Crippen LogP contribution in [0.3, 0.4) is 0 Å². The fraction of sp³-hybridized carbons (Fsp3) is 0.118. The van der Waals surface area contributed by atoms with Crippen molar-refractivity contribution in [2.45, 2.75) is 17.3 Å². The molecule has 0 aliphatic rings. The van der Waals surface area contributed by atoms with Crippen LogP contribution in [0.5, 0.6) is 0 Å². The van der Waals surface area contributed by atoms with Gasteiger partial charge in [0.1, 0.15) is 0 Å². The number of H-pyrrole nitrogens is 1. The highest BCUT2D eigenvalue weighted by Gasteiger charge is 2.16. The molecule has 23 heavy (non-hydrogen) atoms. The van der Waals surface area contributed by atoms with Crippen LogP contribution in [0.2, 0.25) is 0 Å². The molecule has 2 aromatic carbocycles. The third kappa shape index (κ3) is 3.52. The van der Waals surface area contributed by atoms with Gasteiger partial charge in [0.05, 0.1) is 27.9 Å². The fourth-order valence-corrected chi connectivity index (χ4v) is 2.94. The van der Waals surface area contributed by atoms with Gasteiger partial charge >= 0.3 is 0 Å². The molecular formula is C17H14N4OS. The molecule has 1 aromatic heterocycles. The van der Waals surface area contributed by atoms with E-state index in [0.29, 0.717) is 16.4 Å². The van der Waals surface area contributed by atoms with Crippen LogP contribution in [0.1, 0.15) is 12.5 Å². The van der Waals surface area contributed by atoms with Gasteiger partial charge in [-0.1, -0.05) is 30.0 Å². The lowest BCUT2D eigenvalue weighted by molar-refractivity contribution is -0.115. The van der Waals surface area contributed by atoms with Gasteiger partial charge in [0.2, 0.25) is 5.91 Å². The van der Waals surface area contributed by atoms with Crippen LogP contribution < -0.4 is 5.32 Å². The van der Waals surface area contributed by atoms with Gasteiger partial charge in [-0.05, 0) is 37.3 Å². The molecule has 5 nitrogen and oxygen atoms in total. The van der Waals surface area contributed by atoms with Crippen molar-refractivity contribution in [3.8, 4) is 6.07 Å². The maximum Gasteiger partial charge on any atom is 0.237 e. The molecule has 1 amide bonds. The van der Waals surface area contributed by atoms with E-state index in [1.54, 1.807) is 24.3 Å². The number of hydrogen-bond acceptors (Lipinski definition) is 4. The number of nitrogens with one attached hydrogen (secondary N) is 2. The molecule has 0 aliphatic carbocycles. The van der Waals surface area contributed by atoms with E-state index in [9.17, 15) is 4.79 Å². The molecule has 2 N–H and O–H groups in total. The first-order valence-electron chi connectivity index (χ1n) is 7.08. The average molecular weight is 322 g/mol. The second-order valence-electron chi connectivity index (χ2n) is 5.00. The molecule has 1 atom stereocenters. The van der Waals surface area contributed by atoms with Gasteiger partial charge in [0.15, 0.2) is 5.16 Å². The van der Waals surface area contributed by atoms with Crippen LogP contribution >= 0.6 is 11.8 Å². The summed E-state index contributed by atoms with van der Waals surface area (Å²) in [4.78, 5) is 19.9. The Morgan fingerprint density at radius 2 is 2.13 bits per heavy atom. The lowest BCUT2D eigenvalue weighted by atomic mass is 10.2. The number of nitriles is 1. The Morgan fingerprint density at radius 1 is 1.30 bits per heavy atom. The number of carbonyl (C=O) groups excluding carboxylic acids is 1. The first-order chi connectivity index (χ1) is 11.2. The Balaban J connectivity index is 1.68. The molecule has 0 bridgehead atoms. The second-order valence-corrected chi connectivity index (χ2v) is 6.33. The van der Waals surface area contributed by atoms with Crippen molar-refractivity contribution in [3.63, 3.8) is 0 Å². The van der Waals surface area contributed by atoms with Crippen molar-refractivity contribution in [1.82, 2.24) is 9.97 Å². The highest BCUT2D eigenvalue weighted by Crippen LogP contribution is 2.24. The Morgan fingerprint density at radius 3 is 2.91 bits per heavy atom. The summed E-state index contributed by atoms with van der Waals surface area (Å²) < 4.78 is 0. The van der Waals surface area contributed by atoms with E-state index in [1.165, 1.54) is 11.8 Å². The van der Waals surface area contributed by atoms with Crippen molar-refractivity contribution < 1.29 is 4.79 Å². The number of thioether (sulfide) groups is 1. The number of carbonyl (C=O) groups is 1. The minimum atomic E-state index is -0.318. The van der Waals surface area contributed by atoms with Crippen molar-refractivity contribution in [1.29, 1.82) is 5.26 Å². The minimum Gasteiger partial charge on any atom is -0.333 e. The number of nitrogens with zero attached hydrogens (tertiary/aromatic N) is 2. The van der Waals surface area contributed by atoms with Gasteiger partial charge in [-0.25, -0.2) is 4.98 Å². The second kappa shape index (κ2) is 6.55. The van der Waals surface area contributed by atoms with Crippen molar-refractivity contribution in [2.75, 3.05) is 5.32 Å². The maximum atomic E-state index is 12.3. The van der Waals surface area contributed by atoms with Crippen molar-refractivity contribution >= 4 is 34.4 Å². The molecule has 0 spiro atoms. The van der Waals surface area contributed by atoms with Crippen LogP contribution in [0.4, 0.5) is 5.69 Å². The number of para-hydroxylation sites is 2. The predicted octanol–water partition coefficient (Wildman–Crippen LogP) is 3.55. The summed E-state index contributed by atoms with van der Waals surface area (Å²) in [5, 5.41) is 12.1. The van der Waals surface area contributed by atoms with Crippen LogP contribution in [0, 0.1) is 11.3 Å². The summed E-state index contributed by atoms with van der Waals surface area (Å²) in [6.07, 6.45) is 0. The van der Waals surface area contributed by atoms with Crippen molar-refractivity contribution in [2.24, 2.45) is 0 Å². The SMILES string of the molecule is C[C@@H](Sc1nc2ccccc2[nH]1)C(=O)Nc1cccc(C#N)c1. The number of fused-ring (bicyclic) bond motifs is 1. The lowest BCUT2D eigenvalue weighted by Gasteiger charge is -2.10. The number of amides is 1. The number of rotatable bonds is 4. The number of anilines is 1. The fourth-order valence-electron chi connectivity index (χ4n) is 2.12. The Bertz CT molecular complexity index is 864. The molecule has 0 fully saturated rings. The first kappa shape index (κ1) is 15.1. The van der Waals surface area contributed by atoms with E-state index < -0.39 is 0 Å². The van der Waals surface area contributed by atoms with E-state index in [4.69, 9.17) is 5.26 Å². The summed E-state index contributed by atoms with van der Waals surface area (Å²) in [5.74, 6) is -0.134. The summed E-state index contributed by atoms with van der Waals surface area (Å²) in [6.45, 7) is 1.82. The van der Waals surface area contributed by atoms with Gasteiger partial charge in [-0.3, -0.25) is 4.79 Å². The molecule has 0 saturated carbocycles. The highest BCUT2D eigenvalue weighted by atomic mass is 32.2. The molecule has 0 unspecified atom stereocenters. The zero-order chi connectivity index (χ0) is 16.2. The largest absolute Gasteiger partial charge is 0.333 e. The smallest absolute Gasteiger partial charge is 0.237 e. The number of aromatic amines is 1. The third-order valence-electron chi connectivity index (χ3n) is 3.28. The zero-order valence-electron chi connectivity index (χ0n) is 12.4. The standard InChI is InChI=1S/C17H14N4OS/c1-11(16(22)19-13-6-4-5-12(9-13)10-18)23-17-20-14-7-2-3-8-15(14)21-17/h2-9,11H,1H3,(H,19,22)(H,20,21)/t11-/m1/s1. The van der Waals surface area contributed by atoms with Crippen LogP contribution in [-0.2, 0) is 4.79 Å². The normalized spacial score (nSPS) is 11.8. The topological polar surface area (TPSA) is 81.6 Å². The number of benzene rings is 2. The van der Waals surface area contributed by atoms with Crippen LogP contribution in [-0.4, -0.2) is 21.1 Å². The monoisotopic (exact) mass is 322 g/mol. The number of imidazole rings is 1. The Labute approximate surface area is 137 Å². The van der Waals surface area contributed by atoms with Gasteiger partial charge < -0.3 is 10.3 Å². The van der Waals surface area contributed by atoms with Crippen LogP contribution in [0.25, 0.3) is 11.0 Å². The molecular weight excluding hydrogens is 308 g/mol. The number of aromatic nitrogens is 2. The Hall–Kier alpha value is -2.78. The Kier molecular flexibility index (Phi) is 4.31. The predicted molar refractivity (Wildman–Crippen MR) is 91.2 cm³/mol. The molecule has 0 saturated heterocycles. The van der Waals surface area contributed by atoms with E-state index in [1.807, 2.05) is 31.2 Å². The van der Waals surface area contributed by atoms with Gasteiger partial charge in [-0.15, -0.1) is 0 Å². The minimum absolute atomic E-state index is 0.134. The van der Waals surface area contributed by atoms with E-state index in [0.717, 1.165) is 11.0 Å². The van der Waals surface area contributed by atoms with Gasteiger partial charge in [0.25, 0.3) is 0 Å². The van der Waals surface area contributed by atoms with Crippen LogP contribution in [0.15, 0.2) is 53.7 Å². The summed E-state index contributed by atoms with van der Waals surface area (Å²) in [7, 11) is 0. The molecule has 1 heterocycles. The molecule has 0 radical (unpaired) electrons. The van der Waals surface area contributed by atoms with E-state index in [2.05, 4.69) is 21.4 Å². The zero-order valence-corrected chi connectivity index (χ0v) is 13.2. The number of hydrogen-bond donors (Lipinski definition) is 2. The maximum absolute atomic E-state index is 12.3. The molecule has 0 aliphatic heterocycles. The molecule has 6 heteroatoms. The first-order valence-corrected chi connectivity index (χ1v) is 7.96. The quantitative estimate of drug-likeness (QED) is 0.720. The summed E-state index contributed by atoms with van der Waals surface area (Å²) >= 11 is 1.36. The molecule has 3 aromatic rings. The van der Waals surface area contributed by atoms with E-state index in [-0.39, 0.29) is 11.2 Å². The summed E-state index contributed by atoms with van der Waals surface area (Å²) in [6, 6.07) is 16.6.